The van der Waals surface area contributed by atoms with Crippen LogP contribution in [0.3, 0.4) is 0 Å². The van der Waals surface area contributed by atoms with Gasteiger partial charge in [0.25, 0.3) is 5.91 Å². The van der Waals surface area contributed by atoms with Gasteiger partial charge in [-0.2, -0.15) is 0 Å². The lowest BCUT2D eigenvalue weighted by molar-refractivity contribution is -0.128. The van der Waals surface area contributed by atoms with Crippen molar-refractivity contribution in [2.45, 2.75) is 12.5 Å². The molecular weight excluding hydrogens is 277 g/mol. The van der Waals surface area contributed by atoms with Gasteiger partial charge >= 0.3 is 0 Å². The summed E-state index contributed by atoms with van der Waals surface area (Å²) in [6, 6.07) is 0.951. The fourth-order valence-electron chi connectivity index (χ4n) is 1.74. The Morgan fingerprint density at radius 1 is 1.56 bits per heavy atom. The number of pyridine rings is 1. The number of likely N-dealkylation sites (tertiary alicyclic amines) is 1. The SMILES string of the molecule is CN1CC[C@H](NC(=O)c2cnc(Cl)c(Cl)c2)C1=O. The van der Waals surface area contributed by atoms with Gasteiger partial charge in [-0.05, 0) is 12.5 Å². The van der Waals surface area contributed by atoms with Crippen molar-refractivity contribution in [1.82, 2.24) is 15.2 Å². The highest BCUT2D eigenvalue weighted by Crippen LogP contribution is 2.20. The van der Waals surface area contributed by atoms with Crippen LogP contribution < -0.4 is 5.32 Å². The first-order chi connectivity index (χ1) is 8.49. The quantitative estimate of drug-likeness (QED) is 0.836. The molecule has 18 heavy (non-hydrogen) atoms. The molecular formula is C11H11Cl2N3O2. The summed E-state index contributed by atoms with van der Waals surface area (Å²) in [5, 5.41) is 3.00. The number of nitrogens with one attached hydrogen (secondary N) is 1. The second-order valence-corrected chi connectivity index (χ2v) is 4.84. The average Bonchev–Trinajstić information content (AvgIpc) is 2.64. The highest BCUT2D eigenvalue weighted by Gasteiger charge is 2.30. The zero-order valence-electron chi connectivity index (χ0n) is 9.61. The Balaban J connectivity index is 2.08. The van der Waals surface area contributed by atoms with Crippen LogP contribution in [0.15, 0.2) is 12.3 Å². The van der Waals surface area contributed by atoms with Crippen molar-refractivity contribution in [2.24, 2.45) is 0 Å². The number of carbonyl (C=O) groups excluding carboxylic acids is 2. The van der Waals surface area contributed by atoms with E-state index in [-0.39, 0.29) is 27.6 Å². The van der Waals surface area contributed by atoms with Crippen molar-refractivity contribution in [1.29, 1.82) is 0 Å². The second-order valence-electron chi connectivity index (χ2n) is 4.07. The molecule has 0 bridgehead atoms. The number of carbonyl (C=O) groups is 2. The summed E-state index contributed by atoms with van der Waals surface area (Å²) in [5.41, 5.74) is 0.284. The van der Waals surface area contributed by atoms with E-state index in [1.807, 2.05) is 0 Å². The monoisotopic (exact) mass is 287 g/mol. The molecule has 1 N–H and O–H groups in total. The lowest BCUT2D eigenvalue weighted by Crippen LogP contribution is -2.40. The highest BCUT2D eigenvalue weighted by atomic mass is 35.5. The van der Waals surface area contributed by atoms with Crippen LogP contribution in [0.5, 0.6) is 0 Å². The van der Waals surface area contributed by atoms with E-state index in [1.54, 1.807) is 11.9 Å². The van der Waals surface area contributed by atoms with Crippen LogP contribution in [-0.2, 0) is 4.79 Å². The minimum absolute atomic E-state index is 0.0867. The average molecular weight is 288 g/mol. The molecule has 7 heteroatoms. The fraction of sp³-hybridized carbons (Fsp3) is 0.364. The molecule has 1 aliphatic heterocycles. The Kier molecular flexibility index (Phi) is 3.73. The van der Waals surface area contributed by atoms with E-state index in [1.165, 1.54) is 12.3 Å². The topological polar surface area (TPSA) is 62.3 Å². The Morgan fingerprint density at radius 2 is 2.28 bits per heavy atom. The Morgan fingerprint density at radius 3 is 2.83 bits per heavy atom. The summed E-state index contributed by atoms with van der Waals surface area (Å²) in [6.07, 6.45) is 1.93. The van der Waals surface area contributed by atoms with E-state index in [0.717, 1.165) is 0 Å². The summed E-state index contributed by atoms with van der Waals surface area (Å²) in [6.45, 7) is 0.642. The predicted octanol–water partition coefficient (Wildman–Crippen LogP) is 1.35. The van der Waals surface area contributed by atoms with Crippen molar-refractivity contribution in [3.8, 4) is 0 Å². The number of rotatable bonds is 2. The summed E-state index contributed by atoms with van der Waals surface area (Å²) >= 11 is 11.4. The van der Waals surface area contributed by atoms with Crippen LogP contribution in [0.25, 0.3) is 0 Å². The standard InChI is InChI=1S/C11H11Cl2N3O2/c1-16-3-2-8(11(16)18)15-10(17)6-4-7(12)9(13)14-5-6/h4-5,8H,2-3H2,1H3,(H,15,17)/t8-/m0/s1. The van der Waals surface area contributed by atoms with Gasteiger partial charge in [-0.25, -0.2) is 4.98 Å². The number of likely N-dealkylation sites (N-methyl/N-ethyl adjacent to an activating group) is 1. The molecule has 0 radical (unpaired) electrons. The van der Waals surface area contributed by atoms with Crippen molar-refractivity contribution in [3.63, 3.8) is 0 Å². The molecule has 0 aliphatic carbocycles. The molecule has 1 aromatic heterocycles. The van der Waals surface area contributed by atoms with Crippen LogP contribution in [0.4, 0.5) is 0 Å². The van der Waals surface area contributed by atoms with Crippen LogP contribution in [-0.4, -0.2) is 41.3 Å². The van der Waals surface area contributed by atoms with Crippen molar-refractivity contribution in [2.75, 3.05) is 13.6 Å². The molecule has 1 saturated heterocycles. The smallest absolute Gasteiger partial charge is 0.253 e. The third-order valence-electron chi connectivity index (χ3n) is 2.79. The number of aromatic nitrogens is 1. The molecule has 1 aliphatic rings. The van der Waals surface area contributed by atoms with E-state index in [2.05, 4.69) is 10.3 Å². The van der Waals surface area contributed by atoms with E-state index in [0.29, 0.717) is 13.0 Å². The van der Waals surface area contributed by atoms with Gasteiger partial charge in [-0.15, -0.1) is 0 Å². The molecule has 2 amide bonds. The van der Waals surface area contributed by atoms with Crippen LogP contribution in [0.2, 0.25) is 10.2 Å². The third kappa shape index (κ3) is 2.57. The lowest BCUT2D eigenvalue weighted by Gasteiger charge is -2.12. The number of hydrogen-bond acceptors (Lipinski definition) is 3. The Hall–Kier alpha value is -1.33. The Labute approximate surface area is 114 Å². The Bertz CT molecular complexity index is 507. The minimum atomic E-state index is -0.475. The van der Waals surface area contributed by atoms with Gasteiger partial charge in [0.2, 0.25) is 5.91 Å². The van der Waals surface area contributed by atoms with Crippen molar-refractivity contribution < 1.29 is 9.59 Å². The molecule has 2 rings (SSSR count). The molecule has 0 unspecified atom stereocenters. The van der Waals surface area contributed by atoms with E-state index in [4.69, 9.17) is 23.2 Å². The normalized spacial score (nSPS) is 19.2. The molecule has 0 saturated carbocycles. The predicted molar refractivity (Wildman–Crippen MR) is 67.8 cm³/mol. The van der Waals surface area contributed by atoms with Crippen LogP contribution >= 0.6 is 23.2 Å². The first-order valence-electron chi connectivity index (χ1n) is 5.36. The van der Waals surface area contributed by atoms with Gasteiger partial charge in [-0.3, -0.25) is 9.59 Å². The van der Waals surface area contributed by atoms with Gasteiger partial charge in [-0.1, -0.05) is 23.2 Å². The number of hydrogen-bond donors (Lipinski definition) is 1. The van der Waals surface area contributed by atoms with Crippen molar-refractivity contribution >= 4 is 35.0 Å². The minimum Gasteiger partial charge on any atom is -0.344 e. The summed E-state index contributed by atoms with van der Waals surface area (Å²) in [5.74, 6) is -0.467. The largest absolute Gasteiger partial charge is 0.344 e. The van der Waals surface area contributed by atoms with E-state index < -0.39 is 6.04 Å². The van der Waals surface area contributed by atoms with Gasteiger partial charge < -0.3 is 10.2 Å². The number of nitrogens with zero attached hydrogens (tertiary/aromatic N) is 2. The molecule has 0 spiro atoms. The highest BCUT2D eigenvalue weighted by molar-refractivity contribution is 6.41. The lowest BCUT2D eigenvalue weighted by atomic mass is 10.2. The zero-order chi connectivity index (χ0) is 13.3. The molecule has 1 aromatic rings. The fourth-order valence-corrected chi connectivity index (χ4v) is 2.01. The summed E-state index contributed by atoms with van der Waals surface area (Å²) < 4.78 is 0. The third-order valence-corrected chi connectivity index (χ3v) is 3.48. The summed E-state index contributed by atoms with van der Waals surface area (Å²) in [4.78, 5) is 28.9. The summed E-state index contributed by atoms with van der Waals surface area (Å²) in [7, 11) is 1.70. The van der Waals surface area contributed by atoms with E-state index >= 15 is 0 Å². The van der Waals surface area contributed by atoms with Gasteiger partial charge in [0.05, 0.1) is 10.6 Å². The number of halogens is 2. The number of amides is 2. The first-order valence-corrected chi connectivity index (χ1v) is 6.11. The van der Waals surface area contributed by atoms with Crippen LogP contribution in [0.1, 0.15) is 16.8 Å². The van der Waals surface area contributed by atoms with Gasteiger partial charge in [0, 0.05) is 19.8 Å². The first kappa shape index (κ1) is 13.1. The van der Waals surface area contributed by atoms with Gasteiger partial charge in [0.1, 0.15) is 11.2 Å². The molecule has 96 valence electrons. The molecule has 1 atom stereocenters. The van der Waals surface area contributed by atoms with Crippen molar-refractivity contribution in [3.05, 3.63) is 28.0 Å². The maximum atomic E-state index is 11.9. The second kappa shape index (κ2) is 5.12. The van der Waals surface area contributed by atoms with Crippen LogP contribution in [0, 0.1) is 0 Å². The maximum absolute atomic E-state index is 11.9. The zero-order valence-corrected chi connectivity index (χ0v) is 11.1. The molecule has 2 heterocycles. The van der Waals surface area contributed by atoms with E-state index in [9.17, 15) is 9.59 Å². The van der Waals surface area contributed by atoms with Gasteiger partial charge in [0.15, 0.2) is 0 Å². The molecule has 0 aromatic carbocycles. The maximum Gasteiger partial charge on any atom is 0.253 e. The molecule has 1 fully saturated rings. The molecule has 5 nitrogen and oxygen atoms in total.